The average molecular weight is 299 g/mol. The molecule has 0 spiro atoms. The van der Waals surface area contributed by atoms with Gasteiger partial charge in [-0.05, 0) is 26.0 Å². The Morgan fingerprint density at radius 2 is 2.15 bits per heavy atom. The number of halogens is 1. The number of ether oxygens (including phenoxy) is 2. The number of fused-ring (bicyclic) bond motifs is 1. The van der Waals surface area contributed by atoms with Crippen LogP contribution in [0, 0.1) is 0 Å². The fourth-order valence-corrected chi connectivity index (χ4v) is 2.04. The van der Waals surface area contributed by atoms with Crippen LogP contribution in [0.2, 0.25) is 5.02 Å². The maximum absolute atomic E-state index is 12.1. The van der Waals surface area contributed by atoms with Crippen molar-refractivity contribution >= 4 is 23.4 Å². The Kier molecular flexibility index (Phi) is 4.34. The molecule has 0 radical (unpaired) electrons. The molecular weight excluding hydrogens is 284 g/mol. The van der Waals surface area contributed by atoms with Crippen LogP contribution in [-0.4, -0.2) is 31.2 Å². The Balaban J connectivity index is 2.10. The summed E-state index contributed by atoms with van der Waals surface area (Å²) in [4.78, 5) is 23.6. The lowest BCUT2D eigenvalue weighted by Gasteiger charge is -2.13. The summed E-state index contributed by atoms with van der Waals surface area (Å²) in [6.07, 6.45) is 0. The average Bonchev–Trinajstić information content (AvgIpc) is 2.87. The van der Waals surface area contributed by atoms with Gasteiger partial charge in [0.05, 0.1) is 5.02 Å². The van der Waals surface area contributed by atoms with Crippen molar-refractivity contribution in [3.05, 3.63) is 22.7 Å². The van der Waals surface area contributed by atoms with Crippen LogP contribution in [0.25, 0.3) is 0 Å². The van der Waals surface area contributed by atoms with Crippen molar-refractivity contribution < 1.29 is 19.1 Å². The molecule has 2 amide bonds. The first-order valence-electron chi connectivity index (χ1n) is 6.20. The third-order valence-corrected chi connectivity index (χ3v) is 3.06. The summed E-state index contributed by atoms with van der Waals surface area (Å²) in [5.41, 5.74) is 0.315. The van der Waals surface area contributed by atoms with E-state index in [0.29, 0.717) is 28.6 Å². The first-order chi connectivity index (χ1) is 9.52. The fourth-order valence-electron chi connectivity index (χ4n) is 1.77. The molecule has 2 rings (SSSR count). The summed E-state index contributed by atoms with van der Waals surface area (Å²) >= 11 is 6.00. The normalized spacial score (nSPS) is 13.8. The number of hydrogen-bond donors (Lipinski definition) is 2. The summed E-state index contributed by atoms with van der Waals surface area (Å²) in [6, 6.07) is 2.38. The topological polar surface area (TPSA) is 76.7 Å². The van der Waals surface area contributed by atoms with Crippen molar-refractivity contribution in [2.45, 2.75) is 19.9 Å². The maximum Gasteiger partial charge on any atom is 0.252 e. The molecule has 1 atom stereocenters. The van der Waals surface area contributed by atoms with Gasteiger partial charge in [-0.2, -0.15) is 0 Å². The van der Waals surface area contributed by atoms with Gasteiger partial charge in [-0.25, -0.2) is 0 Å². The molecule has 0 aromatic heterocycles. The minimum absolute atomic E-state index is 0.0788. The molecule has 0 bridgehead atoms. The number of nitrogens with one attached hydrogen (secondary N) is 2. The highest BCUT2D eigenvalue weighted by atomic mass is 35.5. The lowest BCUT2D eigenvalue weighted by molar-refractivity contribution is -0.122. The molecule has 0 aliphatic carbocycles. The number of amides is 2. The Hall–Kier alpha value is -1.95. The van der Waals surface area contributed by atoms with Gasteiger partial charge in [0, 0.05) is 12.1 Å². The second-order valence-electron chi connectivity index (χ2n) is 4.28. The van der Waals surface area contributed by atoms with Crippen molar-refractivity contribution in [3.8, 4) is 11.5 Å². The van der Waals surface area contributed by atoms with Gasteiger partial charge in [0.15, 0.2) is 11.5 Å². The molecule has 0 fully saturated rings. The fraction of sp³-hybridized carbons (Fsp3) is 0.385. The molecule has 1 unspecified atom stereocenters. The molecule has 2 N–H and O–H groups in total. The molecule has 1 heterocycles. The van der Waals surface area contributed by atoms with Gasteiger partial charge in [-0.15, -0.1) is 0 Å². The summed E-state index contributed by atoms with van der Waals surface area (Å²) in [6.45, 7) is 4.01. The van der Waals surface area contributed by atoms with Crippen LogP contribution in [-0.2, 0) is 4.79 Å². The van der Waals surface area contributed by atoms with E-state index in [1.807, 2.05) is 6.92 Å². The number of rotatable bonds is 4. The lowest BCUT2D eigenvalue weighted by atomic mass is 10.1. The summed E-state index contributed by atoms with van der Waals surface area (Å²) in [5.74, 6) is 0.213. The SMILES string of the molecule is CCNC(=O)C(C)NC(=O)c1cc(Cl)c2c(c1)OCO2. The molecule has 0 saturated heterocycles. The van der Waals surface area contributed by atoms with E-state index in [2.05, 4.69) is 10.6 Å². The second-order valence-corrected chi connectivity index (χ2v) is 4.69. The smallest absolute Gasteiger partial charge is 0.252 e. The molecule has 20 heavy (non-hydrogen) atoms. The Labute approximate surface area is 121 Å². The molecule has 108 valence electrons. The third-order valence-electron chi connectivity index (χ3n) is 2.78. The predicted molar refractivity (Wildman–Crippen MR) is 73.2 cm³/mol. The van der Waals surface area contributed by atoms with Crippen molar-refractivity contribution in [2.75, 3.05) is 13.3 Å². The van der Waals surface area contributed by atoms with Gasteiger partial charge >= 0.3 is 0 Å². The highest BCUT2D eigenvalue weighted by molar-refractivity contribution is 6.32. The minimum Gasteiger partial charge on any atom is -0.454 e. The molecule has 1 aromatic rings. The standard InChI is InChI=1S/C13H15ClN2O4/c1-3-15-12(17)7(2)16-13(18)8-4-9(14)11-10(5-8)19-6-20-11/h4-5,7H,3,6H2,1-2H3,(H,15,17)(H,16,18). The van der Waals surface area contributed by atoms with E-state index in [1.165, 1.54) is 12.1 Å². The number of likely N-dealkylation sites (N-methyl/N-ethyl adjacent to an activating group) is 1. The Bertz CT molecular complexity index is 547. The molecule has 1 aliphatic rings. The highest BCUT2D eigenvalue weighted by Gasteiger charge is 2.22. The van der Waals surface area contributed by atoms with Gasteiger partial charge in [0.2, 0.25) is 12.7 Å². The monoisotopic (exact) mass is 298 g/mol. The van der Waals surface area contributed by atoms with E-state index in [9.17, 15) is 9.59 Å². The van der Waals surface area contributed by atoms with E-state index in [4.69, 9.17) is 21.1 Å². The van der Waals surface area contributed by atoms with E-state index in [0.717, 1.165) is 0 Å². The van der Waals surface area contributed by atoms with Crippen LogP contribution in [0.4, 0.5) is 0 Å². The van der Waals surface area contributed by atoms with Crippen molar-refractivity contribution in [3.63, 3.8) is 0 Å². The zero-order chi connectivity index (χ0) is 14.7. The number of carbonyl (C=O) groups is 2. The third kappa shape index (κ3) is 2.96. The van der Waals surface area contributed by atoms with Crippen LogP contribution in [0.1, 0.15) is 24.2 Å². The van der Waals surface area contributed by atoms with Crippen LogP contribution in [0.3, 0.4) is 0 Å². The Morgan fingerprint density at radius 3 is 2.85 bits per heavy atom. The molecule has 7 heteroatoms. The molecule has 1 aliphatic heterocycles. The molecule has 0 saturated carbocycles. The van der Waals surface area contributed by atoms with Gasteiger partial charge in [-0.1, -0.05) is 11.6 Å². The quantitative estimate of drug-likeness (QED) is 0.879. The first-order valence-corrected chi connectivity index (χ1v) is 6.58. The van der Waals surface area contributed by atoms with E-state index >= 15 is 0 Å². The number of carbonyl (C=O) groups excluding carboxylic acids is 2. The summed E-state index contributed by atoms with van der Waals surface area (Å²) in [7, 11) is 0. The van der Waals surface area contributed by atoms with Crippen LogP contribution >= 0.6 is 11.6 Å². The van der Waals surface area contributed by atoms with Gasteiger partial charge < -0.3 is 20.1 Å². The molecular formula is C13H15ClN2O4. The van der Waals surface area contributed by atoms with E-state index in [1.54, 1.807) is 6.92 Å². The van der Waals surface area contributed by atoms with E-state index in [-0.39, 0.29) is 12.7 Å². The van der Waals surface area contributed by atoms with Crippen LogP contribution < -0.4 is 20.1 Å². The van der Waals surface area contributed by atoms with Crippen LogP contribution in [0.5, 0.6) is 11.5 Å². The largest absolute Gasteiger partial charge is 0.454 e. The van der Waals surface area contributed by atoms with Crippen LogP contribution in [0.15, 0.2) is 12.1 Å². The van der Waals surface area contributed by atoms with Gasteiger partial charge in [-0.3, -0.25) is 9.59 Å². The predicted octanol–water partition coefficient (Wildman–Crippen LogP) is 1.32. The highest BCUT2D eigenvalue weighted by Crippen LogP contribution is 2.39. The summed E-state index contributed by atoms with van der Waals surface area (Å²) < 4.78 is 10.4. The zero-order valence-electron chi connectivity index (χ0n) is 11.2. The number of benzene rings is 1. The Morgan fingerprint density at radius 1 is 1.40 bits per heavy atom. The van der Waals surface area contributed by atoms with Crippen molar-refractivity contribution in [1.82, 2.24) is 10.6 Å². The van der Waals surface area contributed by atoms with E-state index < -0.39 is 11.9 Å². The molecule has 1 aromatic carbocycles. The lowest BCUT2D eigenvalue weighted by Crippen LogP contribution is -2.44. The minimum atomic E-state index is -0.633. The van der Waals surface area contributed by atoms with Gasteiger partial charge in [0.1, 0.15) is 6.04 Å². The second kappa shape index (κ2) is 6.00. The van der Waals surface area contributed by atoms with Gasteiger partial charge in [0.25, 0.3) is 5.91 Å². The van der Waals surface area contributed by atoms with Crippen molar-refractivity contribution in [1.29, 1.82) is 0 Å². The zero-order valence-corrected chi connectivity index (χ0v) is 11.9. The maximum atomic E-state index is 12.1. The van der Waals surface area contributed by atoms with Crippen molar-refractivity contribution in [2.24, 2.45) is 0 Å². The summed E-state index contributed by atoms with van der Waals surface area (Å²) in [5, 5.41) is 5.53. The first kappa shape index (κ1) is 14.5. The number of hydrogen-bond acceptors (Lipinski definition) is 4. The molecule has 6 nitrogen and oxygen atoms in total.